The van der Waals surface area contributed by atoms with E-state index >= 15 is 0 Å². The molecule has 0 bridgehead atoms. The molecule has 0 radical (unpaired) electrons. The van der Waals surface area contributed by atoms with Gasteiger partial charge in [0.25, 0.3) is 0 Å². The lowest BCUT2D eigenvalue weighted by molar-refractivity contribution is -0.137. The first-order chi connectivity index (χ1) is 15.5. The highest BCUT2D eigenvalue weighted by molar-refractivity contribution is 7.92. The third-order valence-corrected chi connectivity index (χ3v) is 5.62. The molecule has 13 heteroatoms. The molecule has 3 rings (SSSR count). The summed E-state index contributed by atoms with van der Waals surface area (Å²) in [5, 5.41) is 14.4. The maximum absolute atomic E-state index is 13.5. The van der Waals surface area contributed by atoms with Crippen molar-refractivity contribution in [1.82, 2.24) is 15.0 Å². The number of alkyl halides is 3. The zero-order valence-corrected chi connectivity index (χ0v) is 18.2. The van der Waals surface area contributed by atoms with Crippen molar-refractivity contribution < 1.29 is 21.6 Å². The predicted molar refractivity (Wildman–Crippen MR) is 116 cm³/mol. The molecule has 2 aromatic heterocycles. The molecule has 3 aromatic rings. The zero-order chi connectivity index (χ0) is 24.2. The molecule has 2 N–H and O–H groups in total. The number of halogens is 3. The van der Waals surface area contributed by atoms with Gasteiger partial charge in [0.05, 0.1) is 17.9 Å². The highest BCUT2D eigenvalue weighted by Crippen LogP contribution is 2.34. The highest BCUT2D eigenvalue weighted by atomic mass is 32.2. The predicted octanol–water partition coefficient (Wildman–Crippen LogP) is 3.51. The second-order valence-electron chi connectivity index (χ2n) is 6.84. The first-order valence-electron chi connectivity index (χ1n) is 9.32. The van der Waals surface area contributed by atoms with E-state index in [1.165, 1.54) is 31.4 Å². The van der Waals surface area contributed by atoms with Crippen LogP contribution in [0.15, 0.2) is 48.8 Å². The summed E-state index contributed by atoms with van der Waals surface area (Å²) in [6, 6.07) is 11.3. The summed E-state index contributed by atoms with van der Waals surface area (Å²) in [6.45, 7) is -0.188. The van der Waals surface area contributed by atoms with Crippen molar-refractivity contribution in [3.8, 4) is 6.07 Å². The number of anilines is 4. The SMILES string of the molecule is CN(c1ncccc1CNc1nc(Nc2cccc(C#N)c2)ncc1C(F)(F)F)S(C)(=O)=O. The average molecular weight is 477 g/mol. The fraction of sp³-hybridized carbons (Fsp3) is 0.200. The third-order valence-electron chi connectivity index (χ3n) is 4.45. The van der Waals surface area contributed by atoms with Gasteiger partial charge >= 0.3 is 6.18 Å². The first-order valence-corrected chi connectivity index (χ1v) is 11.2. The number of nitriles is 1. The molecule has 0 aliphatic rings. The van der Waals surface area contributed by atoms with Crippen LogP contribution >= 0.6 is 0 Å². The van der Waals surface area contributed by atoms with Crippen LogP contribution in [-0.2, 0) is 22.7 Å². The van der Waals surface area contributed by atoms with Gasteiger partial charge in [-0.2, -0.15) is 23.4 Å². The molecule has 2 heterocycles. The monoisotopic (exact) mass is 477 g/mol. The Kier molecular flexibility index (Phi) is 6.68. The van der Waals surface area contributed by atoms with E-state index in [0.29, 0.717) is 23.0 Å². The number of benzene rings is 1. The molecule has 0 aliphatic heterocycles. The van der Waals surface area contributed by atoms with Crippen molar-refractivity contribution in [3.05, 3.63) is 65.5 Å². The molecule has 9 nitrogen and oxygen atoms in total. The summed E-state index contributed by atoms with van der Waals surface area (Å²) in [7, 11) is -2.34. The van der Waals surface area contributed by atoms with Crippen LogP contribution in [0.5, 0.6) is 0 Å². The van der Waals surface area contributed by atoms with Crippen molar-refractivity contribution in [3.63, 3.8) is 0 Å². The number of nitrogens with zero attached hydrogens (tertiary/aromatic N) is 5. The van der Waals surface area contributed by atoms with Gasteiger partial charge in [-0.15, -0.1) is 0 Å². The summed E-state index contributed by atoms with van der Waals surface area (Å²) in [5.41, 5.74) is 0.0163. The van der Waals surface area contributed by atoms with E-state index in [0.717, 1.165) is 10.6 Å². The quantitative estimate of drug-likeness (QED) is 0.530. The number of rotatable bonds is 7. The van der Waals surface area contributed by atoms with E-state index in [-0.39, 0.29) is 18.3 Å². The third kappa shape index (κ3) is 5.86. The fourth-order valence-corrected chi connectivity index (χ4v) is 3.25. The van der Waals surface area contributed by atoms with E-state index in [1.807, 2.05) is 6.07 Å². The Labute approximate surface area is 188 Å². The van der Waals surface area contributed by atoms with Crippen LogP contribution in [-0.4, -0.2) is 36.7 Å². The summed E-state index contributed by atoms with van der Waals surface area (Å²) in [6.07, 6.45) is -1.73. The van der Waals surface area contributed by atoms with Crippen LogP contribution in [0, 0.1) is 11.3 Å². The van der Waals surface area contributed by atoms with Crippen LogP contribution in [0.25, 0.3) is 0 Å². The highest BCUT2D eigenvalue weighted by Gasteiger charge is 2.35. The molecular formula is C20H18F3N7O2S. The zero-order valence-electron chi connectivity index (χ0n) is 17.4. The number of pyridine rings is 1. The van der Waals surface area contributed by atoms with Crippen molar-refractivity contribution in [2.75, 3.05) is 28.2 Å². The standard InChI is InChI=1S/C20H18F3N7O2S/c1-30(33(2,31)32)18-14(6-4-8-25-18)11-26-17-16(20(21,22)23)12-27-19(29-17)28-15-7-3-5-13(9-15)10-24/h3-9,12H,11H2,1-2H3,(H2,26,27,28,29). The molecule has 0 saturated heterocycles. The number of sulfonamides is 1. The summed E-state index contributed by atoms with van der Waals surface area (Å²) in [5.74, 6) is -0.560. The lowest BCUT2D eigenvalue weighted by atomic mass is 10.2. The molecule has 172 valence electrons. The molecule has 33 heavy (non-hydrogen) atoms. The lowest BCUT2D eigenvalue weighted by Crippen LogP contribution is -2.27. The van der Waals surface area contributed by atoms with Crippen LogP contribution in [0.2, 0.25) is 0 Å². The molecule has 0 unspecified atom stereocenters. The van der Waals surface area contributed by atoms with E-state index in [1.54, 1.807) is 18.2 Å². The number of aromatic nitrogens is 3. The first kappa shape index (κ1) is 23.7. The molecular weight excluding hydrogens is 459 g/mol. The average Bonchev–Trinajstić information content (AvgIpc) is 2.76. The fourth-order valence-electron chi connectivity index (χ4n) is 2.77. The van der Waals surface area contributed by atoms with E-state index in [4.69, 9.17) is 5.26 Å². The molecule has 0 fully saturated rings. The Bertz CT molecular complexity index is 1310. The maximum atomic E-state index is 13.5. The van der Waals surface area contributed by atoms with Gasteiger partial charge < -0.3 is 10.6 Å². The van der Waals surface area contributed by atoms with Gasteiger partial charge in [0, 0.05) is 37.2 Å². The largest absolute Gasteiger partial charge is 0.421 e. The smallest absolute Gasteiger partial charge is 0.365 e. The van der Waals surface area contributed by atoms with E-state index in [9.17, 15) is 21.6 Å². The Morgan fingerprint density at radius 1 is 1.18 bits per heavy atom. The second kappa shape index (κ2) is 9.29. The second-order valence-corrected chi connectivity index (χ2v) is 8.86. The van der Waals surface area contributed by atoms with Crippen LogP contribution in [0.3, 0.4) is 0 Å². The molecule has 0 amide bonds. The summed E-state index contributed by atoms with van der Waals surface area (Å²) < 4.78 is 65.2. The van der Waals surface area contributed by atoms with Gasteiger partial charge in [-0.3, -0.25) is 4.31 Å². The molecule has 1 aromatic carbocycles. The minimum absolute atomic E-state index is 0.0711. The maximum Gasteiger partial charge on any atom is 0.421 e. The Balaban J connectivity index is 1.92. The Morgan fingerprint density at radius 3 is 2.61 bits per heavy atom. The summed E-state index contributed by atoms with van der Waals surface area (Å²) >= 11 is 0. The van der Waals surface area contributed by atoms with Crippen molar-refractivity contribution in [2.45, 2.75) is 12.7 Å². The molecule has 0 aliphatic carbocycles. The Hall–Kier alpha value is -3.92. The summed E-state index contributed by atoms with van der Waals surface area (Å²) in [4.78, 5) is 11.7. The molecule has 0 atom stereocenters. The van der Waals surface area contributed by atoms with Gasteiger partial charge in [-0.25, -0.2) is 18.4 Å². The van der Waals surface area contributed by atoms with Gasteiger partial charge in [0.2, 0.25) is 16.0 Å². The van der Waals surface area contributed by atoms with Gasteiger partial charge in [-0.1, -0.05) is 12.1 Å². The number of hydrogen-bond donors (Lipinski definition) is 2. The van der Waals surface area contributed by atoms with Crippen LogP contribution in [0.1, 0.15) is 16.7 Å². The Morgan fingerprint density at radius 2 is 1.94 bits per heavy atom. The minimum Gasteiger partial charge on any atom is -0.365 e. The van der Waals surface area contributed by atoms with Crippen LogP contribution < -0.4 is 14.9 Å². The number of nitrogens with one attached hydrogen (secondary N) is 2. The molecule has 0 saturated carbocycles. The lowest BCUT2D eigenvalue weighted by Gasteiger charge is -2.20. The minimum atomic E-state index is -4.73. The van der Waals surface area contributed by atoms with Crippen LogP contribution in [0.4, 0.5) is 36.4 Å². The van der Waals surface area contributed by atoms with Crippen molar-refractivity contribution in [1.29, 1.82) is 5.26 Å². The van der Waals surface area contributed by atoms with Gasteiger partial charge in [-0.05, 0) is 24.3 Å². The molecule has 0 spiro atoms. The normalized spacial score (nSPS) is 11.5. The number of hydrogen-bond acceptors (Lipinski definition) is 8. The van der Waals surface area contributed by atoms with Crippen molar-refractivity contribution >= 4 is 33.3 Å². The van der Waals surface area contributed by atoms with E-state index in [2.05, 4.69) is 25.6 Å². The van der Waals surface area contributed by atoms with Gasteiger partial charge in [0.15, 0.2) is 0 Å². The van der Waals surface area contributed by atoms with E-state index < -0.39 is 27.6 Å². The topological polar surface area (TPSA) is 124 Å². The van der Waals surface area contributed by atoms with Gasteiger partial charge in [0.1, 0.15) is 17.2 Å². The van der Waals surface area contributed by atoms with Crippen molar-refractivity contribution in [2.24, 2.45) is 0 Å².